The smallest absolute Gasteiger partial charge is 0.278 e. The summed E-state index contributed by atoms with van der Waals surface area (Å²) >= 11 is 6.30. The minimum atomic E-state index is -0.337. The Morgan fingerprint density at radius 1 is 0.969 bits per heavy atom. The SMILES string of the molecule is CC(=O)Nc1ccc(C2=C(N3CCN(C)CC3)C(=O)N(Cc3ccccc3Cl)C2=O)cc1. The van der Waals surface area contributed by atoms with Gasteiger partial charge in [-0.15, -0.1) is 0 Å². The van der Waals surface area contributed by atoms with Gasteiger partial charge in [0.05, 0.1) is 12.1 Å². The van der Waals surface area contributed by atoms with Crippen LogP contribution in [0.15, 0.2) is 54.2 Å². The second-order valence-electron chi connectivity index (χ2n) is 8.06. The van der Waals surface area contributed by atoms with Crippen LogP contribution < -0.4 is 5.32 Å². The summed E-state index contributed by atoms with van der Waals surface area (Å²) in [5, 5.41) is 3.24. The van der Waals surface area contributed by atoms with Gasteiger partial charge in [0.15, 0.2) is 0 Å². The van der Waals surface area contributed by atoms with Crippen LogP contribution >= 0.6 is 11.6 Å². The zero-order chi connectivity index (χ0) is 22.8. The third-order valence-corrected chi connectivity index (χ3v) is 6.11. The summed E-state index contributed by atoms with van der Waals surface area (Å²) < 4.78 is 0. The molecule has 0 unspecified atom stereocenters. The van der Waals surface area contributed by atoms with Crippen LogP contribution in [0.2, 0.25) is 5.02 Å². The lowest BCUT2D eigenvalue weighted by atomic mass is 10.0. The molecule has 0 radical (unpaired) electrons. The van der Waals surface area contributed by atoms with Crippen LogP contribution in [0.4, 0.5) is 5.69 Å². The van der Waals surface area contributed by atoms with E-state index >= 15 is 0 Å². The minimum absolute atomic E-state index is 0.113. The number of amides is 3. The van der Waals surface area contributed by atoms with E-state index in [1.165, 1.54) is 11.8 Å². The summed E-state index contributed by atoms with van der Waals surface area (Å²) in [6, 6.07) is 14.2. The summed E-state index contributed by atoms with van der Waals surface area (Å²) in [7, 11) is 2.04. The maximum Gasteiger partial charge on any atom is 0.278 e. The number of likely N-dealkylation sites (N-methyl/N-ethyl adjacent to an activating group) is 1. The number of anilines is 1. The monoisotopic (exact) mass is 452 g/mol. The first-order valence-corrected chi connectivity index (χ1v) is 10.9. The molecule has 7 nitrogen and oxygen atoms in total. The highest BCUT2D eigenvalue weighted by Crippen LogP contribution is 2.34. The van der Waals surface area contributed by atoms with Crippen LogP contribution in [0.5, 0.6) is 0 Å². The Kier molecular flexibility index (Phi) is 6.30. The van der Waals surface area contributed by atoms with Crippen molar-refractivity contribution in [2.45, 2.75) is 13.5 Å². The predicted octanol–water partition coefficient (Wildman–Crippen LogP) is 2.83. The maximum absolute atomic E-state index is 13.5. The zero-order valence-corrected chi connectivity index (χ0v) is 18.9. The standard InChI is InChI=1S/C24H25ClN4O3/c1-16(30)26-19-9-7-17(8-10-19)21-22(28-13-11-27(2)12-14-28)24(32)29(23(21)31)15-18-5-3-4-6-20(18)25/h3-10H,11-15H2,1-2H3,(H,26,30). The molecule has 0 saturated carbocycles. The van der Waals surface area contributed by atoms with Crippen LogP contribution in [0.3, 0.4) is 0 Å². The average molecular weight is 453 g/mol. The zero-order valence-electron chi connectivity index (χ0n) is 18.1. The van der Waals surface area contributed by atoms with Gasteiger partial charge in [-0.2, -0.15) is 0 Å². The molecule has 2 heterocycles. The van der Waals surface area contributed by atoms with Crippen LogP contribution in [-0.4, -0.2) is 65.6 Å². The van der Waals surface area contributed by atoms with Gasteiger partial charge in [0.2, 0.25) is 5.91 Å². The van der Waals surface area contributed by atoms with Crippen molar-refractivity contribution in [3.05, 3.63) is 70.4 Å². The first-order valence-electron chi connectivity index (χ1n) is 10.5. The van der Waals surface area contributed by atoms with Gasteiger partial charge in [-0.05, 0) is 36.4 Å². The number of imide groups is 1. The van der Waals surface area contributed by atoms with Crippen LogP contribution in [-0.2, 0) is 20.9 Å². The van der Waals surface area contributed by atoms with Crippen molar-refractivity contribution in [3.63, 3.8) is 0 Å². The third-order valence-electron chi connectivity index (χ3n) is 5.74. The van der Waals surface area contributed by atoms with Crippen LogP contribution in [0.1, 0.15) is 18.1 Å². The number of hydrogen-bond acceptors (Lipinski definition) is 5. The van der Waals surface area contributed by atoms with Gasteiger partial charge in [0, 0.05) is 43.8 Å². The molecule has 166 valence electrons. The van der Waals surface area contributed by atoms with Crippen molar-refractivity contribution in [2.24, 2.45) is 0 Å². The largest absolute Gasteiger partial charge is 0.364 e. The van der Waals surface area contributed by atoms with E-state index in [2.05, 4.69) is 10.2 Å². The Hall–Kier alpha value is -3.16. The van der Waals surface area contributed by atoms with Crippen molar-refractivity contribution in [3.8, 4) is 0 Å². The fourth-order valence-electron chi connectivity index (χ4n) is 4.01. The molecule has 2 aromatic rings. The highest BCUT2D eigenvalue weighted by Gasteiger charge is 2.42. The molecule has 2 aliphatic heterocycles. The minimum Gasteiger partial charge on any atom is -0.364 e. The first kappa shape index (κ1) is 22.0. The first-order chi connectivity index (χ1) is 15.3. The van der Waals surface area contributed by atoms with Crippen molar-refractivity contribution >= 4 is 40.6 Å². The molecular formula is C24H25ClN4O3. The average Bonchev–Trinajstić information content (AvgIpc) is 3.01. The molecule has 32 heavy (non-hydrogen) atoms. The lowest BCUT2D eigenvalue weighted by Gasteiger charge is -2.34. The van der Waals surface area contributed by atoms with E-state index in [1.807, 2.05) is 30.1 Å². The normalized spacial score (nSPS) is 17.3. The summed E-state index contributed by atoms with van der Waals surface area (Å²) in [5.41, 5.74) is 2.82. The van der Waals surface area contributed by atoms with Crippen molar-refractivity contribution in [1.82, 2.24) is 14.7 Å². The Balaban J connectivity index is 1.71. The fourth-order valence-corrected chi connectivity index (χ4v) is 4.21. The summed E-state index contributed by atoms with van der Waals surface area (Å²) in [6.45, 7) is 4.50. The van der Waals surface area contributed by atoms with Gasteiger partial charge in [0.25, 0.3) is 11.8 Å². The number of nitrogens with zero attached hydrogens (tertiary/aromatic N) is 3. The van der Waals surface area contributed by atoms with Gasteiger partial charge in [-0.3, -0.25) is 19.3 Å². The molecule has 1 fully saturated rings. The van der Waals surface area contributed by atoms with Crippen molar-refractivity contribution < 1.29 is 14.4 Å². The van der Waals surface area contributed by atoms with Gasteiger partial charge in [-0.1, -0.05) is 41.9 Å². The van der Waals surface area contributed by atoms with Crippen LogP contribution in [0, 0.1) is 0 Å². The molecular weight excluding hydrogens is 428 g/mol. The molecule has 0 spiro atoms. The Morgan fingerprint density at radius 3 is 2.25 bits per heavy atom. The molecule has 2 aliphatic rings. The van der Waals surface area contributed by atoms with Crippen LogP contribution in [0.25, 0.3) is 5.57 Å². The maximum atomic E-state index is 13.5. The molecule has 0 bridgehead atoms. The Labute approximate surface area is 192 Å². The second kappa shape index (κ2) is 9.14. The Morgan fingerprint density at radius 2 is 1.62 bits per heavy atom. The lowest BCUT2D eigenvalue weighted by molar-refractivity contribution is -0.138. The second-order valence-corrected chi connectivity index (χ2v) is 8.47. The molecule has 1 saturated heterocycles. The third kappa shape index (κ3) is 4.40. The number of nitrogens with one attached hydrogen (secondary N) is 1. The molecule has 0 aromatic heterocycles. The van der Waals surface area contributed by atoms with E-state index in [0.29, 0.717) is 40.6 Å². The Bertz CT molecular complexity index is 1090. The molecule has 8 heteroatoms. The van der Waals surface area contributed by atoms with Gasteiger partial charge in [-0.25, -0.2) is 0 Å². The lowest BCUT2D eigenvalue weighted by Crippen LogP contribution is -2.46. The van der Waals surface area contributed by atoms with E-state index in [0.717, 1.165) is 18.7 Å². The predicted molar refractivity (Wildman–Crippen MR) is 124 cm³/mol. The number of piperazine rings is 1. The van der Waals surface area contributed by atoms with Crippen molar-refractivity contribution in [2.75, 3.05) is 38.5 Å². The van der Waals surface area contributed by atoms with E-state index in [-0.39, 0.29) is 24.3 Å². The molecule has 0 aliphatic carbocycles. The molecule has 3 amide bonds. The van der Waals surface area contributed by atoms with Gasteiger partial charge in [0.1, 0.15) is 5.70 Å². The number of rotatable bonds is 5. The summed E-state index contributed by atoms with van der Waals surface area (Å²) in [5.74, 6) is -0.815. The highest BCUT2D eigenvalue weighted by atomic mass is 35.5. The van der Waals surface area contributed by atoms with E-state index in [4.69, 9.17) is 11.6 Å². The number of benzene rings is 2. The van der Waals surface area contributed by atoms with Gasteiger partial charge < -0.3 is 15.1 Å². The number of carbonyl (C=O) groups excluding carboxylic acids is 3. The fraction of sp³-hybridized carbons (Fsp3) is 0.292. The quantitative estimate of drug-likeness (QED) is 0.706. The molecule has 2 aromatic carbocycles. The number of halogens is 1. The highest BCUT2D eigenvalue weighted by molar-refractivity contribution is 6.36. The van der Waals surface area contributed by atoms with Crippen molar-refractivity contribution in [1.29, 1.82) is 0 Å². The van der Waals surface area contributed by atoms with Gasteiger partial charge >= 0.3 is 0 Å². The number of hydrogen-bond donors (Lipinski definition) is 1. The summed E-state index contributed by atoms with van der Waals surface area (Å²) in [4.78, 5) is 43.8. The number of carbonyl (C=O) groups is 3. The van der Waals surface area contributed by atoms with E-state index < -0.39 is 0 Å². The molecule has 4 rings (SSSR count). The summed E-state index contributed by atoms with van der Waals surface area (Å²) in [6.07, 6.45) is 0. The van der Waals surface area contributed by atoms with E-state index in [9.17, 15) is 14.4 Å². The molecule has 1 N–H and O–H groups in total. The topological polar surface area (TPSA) is 73.0 Å². The van der Waals surface area contributed by atoms with E-state index in [1.54, 1.807) is 30.3 Å². The molecule has 0 atom stereocenters.